The molecule has 0 bridgehead atoms. The third-order valence-corrected chi connectivity index (χ3v) is 3.88. The topological polar surface area (TPSA) is 69.6 Å². The predicted octanol–water partition coefficient (Wildman–Crippen LogP) is 1.87. The Morgan fingerprint density at radius 3 is 2.62 bits per heavy atom. The lowest BCUT2D eigenvalue weighted by Crippen LogP contribution is -2.41. The van der Waals surface area contributed by atoms with E-state index in [1.165, 1.54) is 17.0 Å². The average Bonchev–Trinajstić information content (AvgIpc) is 2.85. The van der Waals surface area contributed by atoms with Crippen LogP contribution in [0.3, 0.4) is 0 Å². The van der Waals surface area contributed by atoms with Crippen LogP contribution in [-0.2, 0) is 11.2 Å². The fourth-order valence-electron chi connectivity index (χ4n) is 2.39. The van der Waals surface area contributed by atoms with Gasteiger partial charge < -0.3 is 15.3 Å². The van der Waals surface area contributed by atoms with Crippen molar-refractivity contribution >= 4 is 12.0 Å². The van der Waals surface area contributed by atoms with Crippen molar-refractivity contribution in [3.05, 3.63) is 35.6 Å². The molecule has 0 spiro atoms. The third-order valence-electron chi connectivity index (χ3n) is 3.88. The first-order chi connectivity index (χ1) is 9.90. The summed E-state index contributed by atoms with van der Waals surface area (Å²) in [6, 6.07) is 5.88. The standard InChI is InChI=1S/C15H19FN2O3/c1-15(13(19)20)7-9-18(10-15)14(21)17-8-6-11-2-4-12(16)5-3-11/h2-5H,6-10H2,1H3,(H,17,21)(H,19,20). The Bertz CT molecular complexity index is 532. The van der Waals surface area contributed by atoms with E-state index in [0.717, 1.165) is 5.56 Å². The molecule has 1 saturated heterocycles. The van der Waals surface area contributed by atoms with Crippen LogP contribution < -0.4 is 5.32 Å². The lowest BCUT2D eigenvalue weighted by molar-refractivity contribution is -0.146. The molecule has 114 valence electrons. The number of nitrogens with zero attached hydrogens (tertiary/aromatic N) is 1. The second-order valence-electron chi connectivity index (χ2n) is 5.65. The lowest BCUT2D eigenvalue weighted by atomic mass is 9.90. The van der Waals surface area contributed by atoms with Crippen LogP contribution in [0.15, 0.2) is 24.3 Å². The Balaban J connectivity index is 1.78. The first kappa shape index (κ1) is 15.3. The second kappa shape index (κ2) is 6.11. The van der Waals surface area contributed by atoms with Gasteiger partial charge in [-0.1, -0.05) is 12.1 Å². The molecule has 1 aromatic rings. The van der Waals surface area contributed by atoms with E-state index in [-0.39, 0.29) is 18.4 Å². The minimum absolute atomic E-state index is 0.227. The zero-order valence-electron chi connectivity index (χ0n) is 11.9. The maximum atomic E-state index is 12.8. The molecule has 0 aliphatic carbocycles. The van der Waals surface area contributed by atoms with Gasteiger partial charge in [0, 0.05) is 19.6 Å². The first-order valence-electron chi connectivity index (χ1n) is 6.91. The van der Waals surface area contributed by atoms with E-state index in [9.17, 15) is 14.0 Å². The van der Waals surface area contributed by atoms with Gasteiger partial charge in [0.15, 0.2) is 0 Å². The molecule has 1 aliphatic heterocycles. The molecular weight excluding hydrogens is 275 g/mol. The summed E-state index contributed by atoms with van der Waals surface area (Å²) in [5.41, 5.74) is 0.0855. The molecule has 5 nitrogen and oxygen atoms in total. The molecule has 2 rings (SSSR count). The average molecular weight is 294 g/mol. The number of amides is 2. The number of carboxylic acid groups (broad SMARTS) is 1. The normalized spacial score (nSPS) is 21.3. The van der Waals surface area contributed by atoms with E-state index in [1.54, 1.807) is 19.1 Å². The summed E-state index contributed by atoms with van der Waals surface area (Å²) in [5, 5.41) is 11.9. The van der Waals surface area contributed by atoms with Gasteiger partial charge in [0.2, 0.25) is 0 Å². The minimum atomic E-state index is -0.871. The molecule has 0 aromatic heterocycles. The van der Waals surface area contributed by atoms with Crippen LogP contribution >= 0.6 is 0 Å². The maximum Gasteiger partial charge on any atom is 0.317 e. The predicted molar refractivity (Wildman–Crippen MR) is 75.4 cm³/mol. The van der Waals surface area contributed by atoms with E-state index >= 15 is 0 Å². The molecule has 1 heterocycles. The van der Waals surface area contributed by atoms with Gasteiger partial charge in [-0.3, -0.25) is 4.79 Å². The molecule has 1 unspecified atom stereocenters. The second-order valence-corrected chi connectivity index (χ2v) is 5.65. The van der Waals surface area contributed by atoms with E-state index < -0.39 is 11.4 Å². The van der Waals surface area contributed by atoms with Gasteiger partial charge >= 0.3 is 12.0 Å². The number of halogens is 1. The quantitative estimate of drug-likeness (QED) is 0.890. The molecular formula is C15H19FN2O3. The van der Waals surface area contributed by atoms with Crippen molar-refractivity contribution in [1.82, 2.24) is 10.2 Å². The summed E-state index contributed by atoms with van der Waals surface area (Å²) in [6.45, 7) is 2.77. The number of hydrogen-bond acceptors (Lipinski definition) is 2. The van der Waals surface area contributed by atoms with Gasteiger partial charge in [-0.2, -0.15) is 0 Å². The summed E-state index contributed by atoms with van der Waals surface area (Å²) >= 11 is 0. The monoisotopic (exact) mass is 294 g/mol. The van der Waals surface area contributed by atoms with Gasteiger partial charge in [-0.05, 0) is 37.5 Å². The zero-order valence-corrected chi connectivity index (χ0v) is 11.9. The fraction of sp³-hybridized carbons (Fsp3) is 0.467. The largest absolute Gasteiger partial charge is 0.481 e. The highest BCUT2D eigenvalue weighted by Gasteiger charge is 2.42. The number of carbonyl (C=O) groups excluding carboxylic acids is 1. The maximum absolute atomic E-state index is 12.8. The number of benzene rings is 1. The number of carbonyl (C=O) groups is 2. The highest BCUT2D eigenvalue weighted by molar-refractivity contribution is 5.79. The number of urea groups is 1. The Kier molecular flexibility index (Phi) is 4.45. The number of carboxylic acids is 1. The summed E-state index contributed by atoms with van der Waals surface area (Å²) in [5.74, 6) is -1.16. The molecule has 21 heavy (non-hydrogen) atoms. The Morgan fingerprint density at radius 2 is 2.05 bits per heavy atom. The number of nitrogens with one attached hydrogen (secondary N) is 1. The number of aliphatic carboxylic acids is 1. The Hall–Kier alpha value is -2.11. The van der Waals surface area contributed by atoms with Crippen LogP contribution in [0.2, 0.25) is 0 Å². The van der Waals surface area contributed by atoms with Gasteiger partial charge in [-0.15, -0.1) is 0 Å². The smallest absolute Gasteiger partial charge is 0.317 e. The molecule has 1 fully saturated rings. The molecule has 0 radical (unpaired) electrons. The molecule has 2 amide bonds. The van der Waals surface area contributed by atoms with Crippen LogP contribution in [0.4, 0.5) is 9.18 Å². The minimum Gasteiger partial charge on any atom is -0.481 e. The van der Waals surface area contributed by atoms with Crippen LogP contribution in [0.1, 0.15) is 18.9 Å². The summed E-state index contributed by atoms with van der Waals surface area (Å²) in [6.07, 6.45) is 1.07. The number of hydrogen-bond donors (Lipinski definition) is 2. The lowest BCUT2D eigenvalue weighted by Gasteiger charge is -2.20. The zero-order chi connectivity index (χ0) is 15.5. The molecule has 2 N–H and O–H groups in total. The van der Waals surface area contributed by atoms with Crippen LogP contribution in [0.25, 0.3) is 0 Å². The first-order valence-corrected chi connectivity index (χ1v) is 6.91. The molecule has 0 saturated carbocycles. The van der Waals surface area contributed by atoms with Crippen molar-refractivity contribution in [3.8, 4) is 0 Å². The van der Waals surface area contributed by atoms with Crippen molar-refractivity contribution in [1.29, 1.82) is 0 Å². The van der Waals surface area contributed by atoms with E-state index in [2.05, 4.69) is 5.32 Å². The van der Waals surface area contributed by atoms with Gasteiger partial charge in [0.1, 0.15) is 5.82 Å². The van der Waals surface area contributed by atoms with E-state index in [0.29, 0.717) is 25.9 Å². The van der Waals surface area contributed by atoms with E-state index in [1.807, 2.05) is 0 Å². The number of rotatable bonds is 4. The van der Waals surface area contributed by atoms with Crippen molar-refractivity contribution in [2.45, 2.75) is 19.8 Å². The Morgan fingerprint density at radius 1 is 1.38 bits per heavy atom. The van der Waals surface area contributed by atoms with Crippen molar-refractivity contribution in [3.63, 3.8) is 0 Å². The molecule has 1 atom stereocenters. The summed E-state index contributed by atoms with van der Waals surface area (Å²) < 4.78 is 12.8. The molecule has 1 aliphatic rings. The molecule has 6 heteroatoms. The summed E-state index contributed by atoms with van der Waals surface area (Å²) in [4.78, 5) is 24.6. The van der Waals surface area contributed by atoms with Crippen LogP contribution in [-0.4, -0.2) is 41.6 Å². The van der Waals surface area contributed by atoms with E-state index in [4.69, 9.17) is 5.11 Å². The SMILES string of the molecule is CC1(C(=O)O)CCN(C(=O)NCCc2ccc(F)cc2)C1. The van der Waals surface area contributed by atoms with Crippen molar-refractivity contribution in [2.24, 2.45) is 5.41 Å². The van der Waals surface area contributed by atoms with Crippen LogP contribution in [0.5, 0.6) is 0 Å². The van der Waals surface area contributed by atoms with Gasteiger partial charge in [0.25, 0.3) is 0 Å². The van der Waals surface area contributed by atoms with Gasteiger partial charge in [-0.25, -0.2) is 9.18 Å². The third kappa shape index (κ3) is 3.71. The van der Waals surface area contributed by atoms with Gasteiger partial charge in [0.05, 0.1) is 5.41 Å². The van der Waals surface area contributed by atoms with Crippen molar-refractivity contribution in [2.75, 3.05) is 19.6 Å². The summed E-state index contributed by atoms with van der Waals surface area (Å²) in [7, 11) is 0. The van der Waals surface area contributed by atoms with Crippen molar-refractivity contribution < 1.29 is 19.1 Å². The number of likely N-dealkylation sites (tertiary alicyclic amines) is 1. The highest BCUT2D eigenvalue weighted by atomic mass is 19.1. The molecule has 1 aromatic carbocycles. The van der Waals surface area contributed by atoms with Crippen LogP contribution in [0, 0.1) is 11.2 Å². The fourth-order valence-corrected chi connectivity index (χ4v) is 2.39. The Labute approximate surface area is 122 Å². The highest BCUT2D eigenvalue weighted by Crippen LogP contribution is 2.29.